The summed E-state index contributed by atoms with van der Waals surface area (Å²) in [5.74, 6) is 0. The molecular formula is C13H23N3. The maximum Gasteiger partial charge on any atom is 0.0534 e. The third kappa shape index (κ3) is 5.12. The van der Waals surface area contributed by atoms with Crippen LogP contribution in [0.3, 0.4) is 0 Å². The first-order chi connectivity index (χ1) is 7.86. The van der Waals surface area contributed by atoms with Gasteiger partial charge in [0.15, 0.2) is 0 Å². The van der Waals surface area contributed by atoms with Gasteiger partial charge in [0.2, 0.25) is 0 Å². The quantitative estimate of drug-likeness (QED) is 0.650. The van der Waals surface area contributed by atoms with Gasteiger partial charge in [-0.25, -0.2) is 0 Å². The Bertz CT molecular complexity index is 267. The first kappa shape index (κ1) is 13.0. The van der Waals surface area contributed by atoms with Gasteiger partial charge in [-0.2, -0.15) is 5.10 Å². The molecule has 1 unspecified atom stereocenters. The highest BCUT2D eigenvalue weighted by Gasteiger charge is 2.05. The van der Waals surface area contributed by atoms with E-state index in [0.717, 1.165) is 19.5 Å². The molecule has 0 fully saturated rings. The molecule has 0 saturated heterocycles. The molecule has 3 nitrogen and oxygen atoms in total. The molecule has 0 saturated carbocycles. The van der Waals surface area contributed by atoms with Crippen molar-refractivity contribution in [1.29, 1.82) is 0 Å². The second-order valence-electron chi connectivity index (χ2n) is 4.07. The average molecular weight is 221 g/mol. The summed E-state index contributed by atoms with van der Waals surface area (Å²) >= 11 is 0. The normalized spacial score (nSPS) is 12.6. The summed E-state index contributed by atoms with van der Waals surface area (Å²) in [6.07, 6.45) is 10.6. The molecule has 0 amide bonds. The Balaban J connectivity index is 2.18. The minimum Gasteiger partial charge on any atom is -0.312 e. The standard InChI is InChI=1S/C13H23N3/c1-3-5-8-13(7-4-2)14-10-12-16-11-6-9-15-16/h3,6,9,11,13-14H,1,4-5,7-8,10,12H2,2H3. The van der Waals surface area contributed by atoms with E-state index in [-0.39, 0.29) is 0 Å². The highest BCUT2D eigenvalue weighted by atomic mass is 15.3. The van der Waals surface area contributed by atoms with E-state index < -0.39 is 0 Å². The molecule has 1 aromatic rings. The predicted molar refractivity (Wildman–Crippen MR) is 68.4 cm³/mol. The molecule has 0 radical (unpaired) electrons. The second-order valence-corrected chi connectivity index (χ2v) is 4.07. The SMILES string of the molecule is C=CCCC(CCC)NCCn1cccn1. The summed E-state index contributed by atoms with van der Waals surface area (Å²) in [6, 6.07) is 2.58. The van der Waals surface area contributed by atoms with Crippen molar-refractivity contribution in [3.63, 3.8) is 0 Å². The van der Waals surface area contributed by atoms with Crippen LogP contribution in [0.2, 0.25) is 0 Å². The van der Waals surface area contributed by atoms with Crippen LogP contribution in [0.25, 0.3) is 0 Å². The van der Waals surface area contributed by atoms with Crippen LogP contribution < -0.4 is 5.32 Å². The van der Waals surface area contributed by atoms with E-state index in [2.05, 4.69) is 23.9 Å². The van der Waals surface area contributed by atoms with Crippen molar-refractivity contribution in [2.45, 2.75) is 45.2 Å². The molecule has 16 heavy (non-hydrogen) atoms. The van der Waals surface area contributed by atoms with E-state index in [4.69, 9.17) is 0 Å². The van der Waals surface area contributed by atoms with Gasteiger partial charge >= 0.3 is 0 Å². The zero-order valence-electron chi connectivity index (χ0n) is 10.2. The number of allylic oxidation sites excluding steroid dienone is 1. The Kier molecular flexibility index (Phi) is 6.58. The van der Waals surface area contributed by atoms with E-state index in [0.29, 0.717) is 6.04 Å². The molecule has 0 aromatic carbocycles. The zero-order chi connectivity index (χ0) is 11.6. The van der Waals surface area contributed by atoms with Gasteiger partial charge in [-0.05, 0) is 25.3 Å². The van der Waals surface area contributed by atoms with Gasteiger partial charge in [-0.1, -0.05) is 19.4 Å². The van der Waals surface area contributed by atoms with Gasteiger partial charge in [0.05, 0.1) is 6.54 Å². The Morgan fingerprint density at radius 3 is 3.00 bits per heavy atom. The zero-order valence-corrected chi connectivity index (χ0v) is 10.2. The molecule has 1 heterocycles. The third-order valence-corrected chi connectivity index (χ3v) is 2.69. The van der Waals surface area contributed by atoms with Crippen molar-refractivity contribution in [2.75, 3.05) is 6.54 Å². The maximum absolute atomic E-state index is 4.18. The summed E-state index contributed by atoms with van der Waals surface area (Å²) in [7, 11) is 0. The van der Waals surface area contributed by atoms with Crippen LogP contribution >= 0.6 is 0 Å². The third-order valence-electron chi connectivity index (χ3n) is 2.69. The lowest BCUT2D eigenvalue weighted by atomic mass is 10.1. The predicted octanol–water partition coefficient (Wildman–Crippen LogP) is 2.61. The van der Waals surface area contributed by atoms with Crippen molar-refractivity contribution in [1.82, 2.24) is 15.1 Å². The smallest absolute Gasteiger partial charge is 0.0534 e. The lowest BCUT2D eigenvalue weighted by Gasteiger charge is -2.17. The van der Waals surface area contributed by atoms with Crippen molar-refractivity contribution in [2.24, 2.45) is 0 Å². The number of rotatable bonds is 9. The molecular weight excluding hydrogens is 198 g/mol. The Hall–Kier alpha value is -1.09. The van der Waals surface area contributed by atoms with Crippen molar-refractivity contribution < 1.29 is 0 Å². The minimum atomic E-state index is 0.624. The fourth-order valence-corrected chi connectivity index (χ4v) is 1.83. The van der Waals surface area contributed by atoms with Gasteiger partial charge in [-0.15, -0.1) is 6.58 Å². The molecule has 0 aliphatic rings. The summed E-state index contributed by atoms with van der Waals surface area (Å²) in [5.41, 5.74) is 0. The molecule has 0 aliphatic heterocycles. The first-order valence-electron chi connectivity index (χ1n) is 6.18. The molecule has 1 N–H and O–H groups in total. The molecule has 0 aliphatic carbocycles. The van der Waals surface area contributed by atoms with E-state index in [1.165, 1.54) is 19.3 Å². The van der Waals surface area contributed by atoms with Gasteiger partial charge in [0, 0.05) is 25.0 Å². The van der Waals surface area contributed by atoms with Crippen molar-refractivity contribution >= 4 is 0 Å². The second kappa shape index (κ2) is 8.11. The van der Waals surface area contributed by atoms with E-state index in [1.54, 1.807) is 0 Å². The molecule has 1 aromatic heterocycles. The number of aromatic nitrogens is 2. The van der Waals surface area contributed by atoms with E-state index in [1.807, 2.05) is 29.2 Å². The molecule has 1 atom stereocenters. The lowest BCUT2D eigenvalue weighted by Crippen LogP contribution is -2.31. The number of hydrogen-bond acceptors (Lipinski definition) is 2. The van der Waals surface area contributed by atoms with E-state index >= 15 is 0 Å². The monoisotopic (exact) mass is 221 g/mol. The molecule has 1 rings (SSSR count). The van der Waals surface area contributed by atoms with Crippen LogP contribution in [0, 0.1) is 0 Å². The number of nitrogens with zero attached hydrogens (tertiary/aromatic N) is 2. The largest absolute Gasteiger partial charge is 0.312 e. The van der Waals surface area contributed by atoms with Gasteiger partial charge < -0.3 is 5.32 Å². The highest BCUT2D eigenvalue weighted by molar-refractivity contribution is 4.78. The van der Waals surface area contributed by atoms with Gasteiger partial charge in [0.25, 0.3) is 0 Å². The average Bonchev–Trinajstić information content (AvgIpc) is 2.79. The molecule has 0 spiro atoms. The number of nitrogens with one attached hydrogen (secondary N) is 1. The summed E-state index contributed by atoms with van der Waals surface area (Å²) in [4.78, 5) is 0. The fourth-order valence-electron chi connectivity index (χ4n) is 1.83. The van der Waals surface area contributed by atoms with Crippen LogP contribution in [0.1, 0.15) is 32.6 Å². The van der Waals surface area contributed by atoms with Crippen LogP contribution in [-0.4, -0.2) is 22.4 Å². The lowest BCUT2D eigenvalue weighted by molar-refractivity contribution is 0.430. The van der Waals surface area contributed by atoms with Gasteiger partial charge in [-0.3, -0.25) is 4.68 Å². The first-order valence-corrected chi connectivity index (χ1v) is 6.18. The minimum absolute atomic E-state index is 0.624. The van der Waals surface area contributed by atoms with Gasteiger partial charge in [0.1, 0.15) is 0 Å². The molecule has 3 heteroatoms. The molecule has 90 valence electrons. The summed E-state index contributed by atoms with van der Waals surface area (Å²) in [5, 5.41) is 7.77. The topological polar surface area (TPSA) is 29.9 Å². The fraction of sp³-hybridized carbons (Fsp3) is 0.615. The van der Waals surface area contributed by atoms with Crippen LogP contribution in [0.15, 0.2) is 31.1 Å². The number of hydrogen-bond donors (Lipinski definition) is 1. The van der Waals surface area contributed by atoms with Crippen molar-refractivity contribution in [3.05, 3.63) is 31.1 Å². The maximum atomic E-state index is 4.18. The Morgan fingerprint density at radius 2 is 2.38 bits per heavy atom. The summed E-state index contributed by atoms with van der Waals surface area (Å²) < 4.78 is 1.96. The van der Waals surface area contributed by atoms with Crippen LogP contribution in [0.5, 0.6) is 0 Å². The summed E-state index contributed by atoms with van der Waals surface area (Å²) in [6.45, 7) is 7.94. The van der Waals surface area contributed by atoms with Crippen LogP contribution in [-0.2, 0) is 6.54 Å². The van der Waals surface area contributed by atoms with Crippen molar-refractivity contribution in [3.8, 4) is 0 Å². The highest BCUT2D eigenvalue weighted by Crippen LogP contribution is 2.04. The van der Waals surface area contributed by atoms with E-state index in [9.17, 15) is 0 Å². The Morgan fingerprint density at radius 1 is 1.50 bits per heavy atom. The van der Waals surface area contributed by atoms with Crippen LogP contribution in [0.4, 0.5) is 0 Å². The molecule has 0 bridgehead atoms. The Labute approximate surface area is 98.5 Å².